The average Bonchev–Trinajstić information content (AvgIpc) is 2.14. The summed E-state index contributed by atoms with van der Waals surface area (Å²) in [6.07, 6.45) is 5.54. The number of carboxylic acid groups (broad SMARTS) is 1. The van der Waals surface area contributed by atoms with Crippen LogP contribution in [0.5, 0.6) is 0 Å². The van der Waals surface area contributed by atoms with E-state index in [9.17, 15) is 0 Å². The van der Waals surface area contributed by atoms with Crippen LogP contribution in [0.1, 0.15) is 60.3 Å². The van der Waals surface area contributed by atoms with E-state index in [-0.39, 0.29) is 4.84 Å². The number of alkyl halides is 2. The molecule has 3 nitrogen and oxygen atoms in total. The summed E-state index contributed by atoms with van der Waals surface area (Å²) < 4.78 is 0. The fraction of sp³-hybridized carbons (Fsp3) is 0.833. The van der Waals surface area contributed by atoms with Crippen molar-refractivity contribution in [2.75, 3.05) is 0 Å². The molecular formula is C12H25Cl2NO2. The van der Waals surface area contributed by atoms with Gasteiger partial charge < -0.3 is 5.11 Å². The molecule has 0 aromatic heterocycles. The highest BCUT2D eigenvalue weighted by molar-refractivity contribution is 6.43. The van der Waals surface area contributed by atoms with Gasteiger partial charge in [0, 0.05) is 13.8 Å². The van der Waals surface area contributed by atoms with Crippen molar-refractivity contribution in [1.82, 2.24) is 0 Å². The number of halogens is 2. The number of carboxylic acids is 1. The van der Waals surface area contributed by atoms with Crippen molar-refractivity contribution >= 4 is 29.2 Å². The van der Waals surface area contributed by atoms with Crippen LogP contribution in [0.3, 0.4) is 0 Å². The minimum Gasteiger partial charge on any atom is -0.481 e. The third-order valence-corrected chi connectivity index (χ3v) is 0.957. The van der Waals surface area contributed by atoms with Crippen molar-refractivity contribution in [3.05, 3.63) is 0 Å². The first kappa shape index (κ1) is 25.4. The Bertz CT molecular complexity index is 158. The quantitative estimate of drug-likeness (QED) is 0.585. The number of hydrogen-bond acceptors (Lipinski definition) is 2. The third-order valence-electron chi connectivity index (χ3n) is 0.957. The number of hydrogen-bond donors (Lipinski definition) is 1. The number of rotatable bonds is 3. The maximum atomic E-state index is 9.00. The molecular weight excluding hydrogens is 261 g/mol. The molecule has 0 heterocycles. The van der Waals surface area contributed by atoms with Crippen molar-refractivity contribution in [2.45, 2.75) is 65.1 Å². The molecule has 0 radical (unpaired) electrons. The van der Waals surface area contributed by atoms with Crippen LogP contribution in [-0.4, -0.2) is 15.9 Å². The summed E-state index contributed by atoms with van der Waals surface area (Å²) in [4.78, 5) is 8.78. The van der Waals surface area contributed by atoms with Crippen LogP contribution in [-0.2, 0) is 4.79 Å². The highest BCUT2D eigenvalue weighted by Crippen LogP contribution is 1.95. The van der Waals surface area contributed by atoms with Crippen LogP contribution in [0.25, 0.3) is 0 Å². The van der Waals surface area contributed by atoms with Gasteiger partial charge in [0.25, 0.3) is 5.97 Å². The average molecular weight is 286 g/mol. The first-order chi connectivity index (χ1) is 7.79. The summed E-state index contributed by atoms with van der Waals surface area (Å²) in [5, 5.41) is 14.7. The van der Waals surface area contributed by atoms with Crippen molar-refractivity contribution in [3.8, 4) is 6.07 Å². The van der Waals surface area contributed by atoms with Gasteiger partial charge in [-0.15, -0.1) is 23.2 Å². The van der Waals surface area contributed by atoms with Gasteiger partial charge in [0.05, 0.1) is 6.07 Å². The largest absolute Gasteiger partial charge is 0.481 e. The van der Waals surface area contributed by atoms with Gasteiger partial charge in [-0.25, -0.2) is 0 Å². The molecule has 5 heteroatoms. The van der Waals surface area contributed by atoms with Crippen LogP contribution < -0.4 is 0 Å². The van der Waals surface area contributed by atoms with Gasteiger partial charge in [0.2, 0.25) is 0 Å². The van der Waals surface area contributed by atoms with Crippen LogP contribution in [0, 0.1) is 11.3 Å². The second kappa shape index (κ2) is 29.6. The predicted molar refractivity (Wildman–Crippen MR) is 75.6 cm³/mol. The zero-order chi connectivity index (χ0) is 14.7. The SMILES string of the molecule is CC#N.CC(=O)O.CC(Cl)Cl.CCCCCC. The molecule has 0 amide bonds. The Balaban J connectivity index is -0.0000000688. The number of nitriles is 1. The molecule has 0 aliphatic heterocycles. The first-order valence-electron chi connectivity index (χ1n) is 5.58. The van der Waals surface area contributed by atoms with E-state index in [4.69, 9.17) is 38.4 Å². The fourth-order valence-corrected chi connectivity index (χ4v) is 0.500. The summed E-state index contributed by atoms with van der Waals surface area (Å²) in [6, 6.07) is 1.75. The Hall–Kier alpha value is -0.460. The highest BCUT2D eigenvalue weighted by atomic mass is 35.5. The molecule has 0 rings (SSSR count). The lowest BCUT2D eigenvalue weighted by Gasteiger charge is -1.86. The lowest BCUT2D eigenvalue weighted by Crippen LogP contribution is -1.78. The molecule has 0 spiro atoms. The zero-order valence-corrected chi connectivity index (χ0v) is 13.0. The molecule has 0 unspecified atom stereocenters. The molecule has 0 fully saturated rings. The second-order valence-electron chi connectivity index (χ2n) is 2.97. The minimum absolute atomic E-state index is 0.222. The van der Waals surface area contributed by atoms with Gasteiger partial charge in [-0.1, -0.05) is 39.5 Å². The van der Waals surface area contributed by atoms with Gasteiger partial charge in [-0.05, 0) is 6.92 Å². The Morgan fingerprint density at radius 1 is 1.29 bits per heavy atom. The number of carbonyl (C=O) groups is 1. The smallest absolute Gasteiger partial charge is 0.300 e. The molecule has 104 valence electrons. The maximum Gasteiger partial charge on any atom is 0.300 e. The van der Waals surface area contributed by atoms with E-state index in [2.05, 4.69) is 13.8 Å². The summed E-state index contributed by atoms with van der Waals surface area (Å²) in [7, 11) is 0. The van der Waals surface area contributed by atoms with Crippen LogP contribution in [0.4, 0.5) is 0 Å². The molecule has 0 aliphatic rings. The second-order valence-corrected chi connectivity index (χ2v) is 4.50. The lowest BCUT2D eigenvalue weighted by atomic mass is 10.2. The molecule has 17 heavy (non-hydrogen) atoms. The van der Waals surface area contributed by atoms with E-state index in [1.54, 1.807) is 13.0 Å². The number of aliphatic carboxylic acids is 1. The summed E-state index contributed by atoms with van der Waals surface area (Å²) in [6.45, 7) is 8.68. The topological polar surface area (TPSA) is 61.1 Å². The van der Waals surface area contributed by atoms with E-state index in [1.165, 1.54) is 32.6 Å². The monoisotopic (exact) mass is 285 g/mol. The molecule has 0 saturated carbocycles. The Kier molecular flexibility index (Phi) is 44.2. The predicted octanol–water partition coefficient (Wildman–Crippen LogP) is 5.02. The van der Waals surface area contributed by atoms with Crippen LogP contribution in [0.15, 0.2) is 0 Å². The standard InChI is InChI=1S/C6H14.C2H4Cl2.C2H3N.C2H4O2/c1-3-5-6-4-2;1-2(3)4;1-2-3;1-2(3)4/h3-6H2,1-2H3;2H,1H3;1H3;1H3,(H,3,4). The molecule has 0 bridgehead atoms. The molecule has 0 aromatic carbocycles. The molecule has 0 aliphatic carbocycles. The molecule has 0 atom stereocenters. The van der Waals surface area contributed by atoms with E-state index in [0.717, 1.165) is 6.92 Å². The zero-order valence-electron chi connectivity index (χ0n) is 11.5. The van der Waals surface area contributed by atoms with Crippen LogP contribution in [0.2, 0.25) is 0 Å². The summed E-state index contributed by atoms with van der Waals surface area (Å²) in [5.41, 5.74) is 0. The van der Waals surface area contributed by atoms with Crippen LogP contribution >= 0.6 is 23.2 Å². The van der Waals surface area contributed by atoms with E-state index < -0.39 is 5.97 Å². The Morgan fingerprint density at radius 3 is 1.47 bits per heavy atom. The van der Waals surface area contributed by atoms with E-state index in [1.807, 2.05) is 0 Å². The first-order valence-corrected chi connectivity index (χ1v) is 6.45. The minimum atomic E-state index is -0.833. The van der Waals surface area contributed by atoms with Gasteiger partial charge in [-0.2, -0.15) is 5.26 Å². The van der Waals surface area contributed by atoms with E-state index in [0.29, 0.717) is 0 Å². The molecule has 1 N–H and O–H groups in total. The third kappa shape index (κ3) is 442. The molecule has 0 saturated heterocycles. The number of unbranched alkanes of at least 4 members (excludes halogenated alkanes) is 3. The van der Waals surface area contributed by atoms with Gasteiger partial charge in [0.15, 0.2) is 0 Å². The highest BCUT2D eigenvalue weighted by Gasteiger charge is 1.75. The van der Waals surface area contributed by atoms with Crippen molar-refractivity contribution in [2.24, 2.45) is 0 Å². The molecule has 0 aromatic rings. The summed E-state index contributed by atoms with van der Waals surface area (Å²) >= 11 is 10.1. The van der Waals surface area contributed by atoms with Crippen molar-refractivity contribution in [3.63, 3.8) is 0 Å². The Labute approximate surface area is 116 Å². The fourth-order valence-electron chi connectivity index (χ4n) is 0.500. The number of nitrogens with zero attached hydrogens (tertiary/aromatic N) is 1. The van der Waals surface area contributed by atoms with Crippen molar-refractivity contribution in [1.29, 1.82) is 5.26 Å². The van der Waals surface area contributed by atoms with Gasteiger partial charge in [-0.3, -0.25) is 4.79 Å². The lowest BCUT2D eigenvalue weighted by molar-refractivity contribution is -0.134. The van der Waals surface area contributed by atoms with Gasteiger partial charge >= 0.3 is 0 Å². The normalized spacial score (nSPS) is 7.24. The Morgan fingerprint density at radius 2 is 1.41 bits per heavy atom. The van der Waals surface area contributed by atoms with E-state index >= 15 is 0 Å². The van der Waals surface area contributed by atoms with Crippen molar-refractivity contribution < 1.29 is 9.90 Å². The maximum absolute atomic E-state index is 9.00. The summed E-state index contributed by atoms with van der Waals surface area (Å²) in [5.74, 6) is -0.833. The van der Waals surface area contributed by atoms with Gasteiger partial charge in [0.1, 0.15) is 4.84 Å².